The number of pyridine rings is 1. The molecule has 4 aromatic rings. The van der Waals surface area contributed by atoms with E-state index in [-0.39, 0.29) is 22.9 Å². The largest absolute Gasteiger partial charge is 0.377 e. The summed E-state index contributed by atoms with van der Waals surface area (Å²) in [7, 11) is 0. The number of rotatable bonds is 3. The lowest BCUT2D eigenvalue weighted by atomic mass is 9.80. The van der Waals surface area contributed by atoms with E-state index >= 15 is 8.78 Å². The van der Waals surface area contributed by atoms with E-state index in [4.69, 9.17) is 0 Å². The second kappa shape index (κ2) is 9.32. The number of alkyl halides is 2. The normalized spacial score (nSPS) is 18.2. The average molecular weight is 531 g/mol. The molecule has 11 heteroatoms. The zero-order valence-corrected chi connectivity index (χ0v) is 20.5. The Hall–Kier alpha value is -4.56. The van der Waals surface area contributed by atoms with Gasteiger partial charge in [-0.1, -0.05) is 17.9 Å². The van der Waals surface area contributed by atoms with Gasteiger partial charge in [0.05, 0.1) is 6.54 Å². The minimum absolute atomic E-state index is 0.00332. The van der Waals surface area contributed by atoms with Gasteiger partial charge in [0.1, 0.15) is 11.5 Å². The number of carbonyl (C=O) groups is 1. The number of likely N-dealkylation sites (tertiary alicyclic amines) is 1. The summed E-state index contributed by atoms with van der Waals surface area (Å²) in [5.41, 5.74) is -2.07. The Morgan fingerprint density at radius 3 is 2.44 bits per heavy atom. The minimum atomic E-state index is -3.88. The van der Waals surface area contributed by atoms with Crippen molar-refractivity contribution in [1.29, 1.82) is 0 Å². The van der Waals surface area contributed by atoms with Crippen LogP contribution in [0.1, 0.15) is 45.6 Å². The molecule has 2 aromatic carbocycles. The Balaban J connectivity index is 1.24. The van der Waals surface area contributed by atoms with Gasteiger partial charge in [-0.05, 0) is 71.8 Å². The Labute approximate surface area is 221 Å². The first-order valence-corrected chi connectivity index (χ1v) is 12.3. The van der Waals surface area contributed by atoms with E-state index in [9.17, 15) is 14.3 Å². The molecule has 6 rings (SSSR count). The number of aliphatic hydroxyl groups is 1. The Morgan fingerprint density at radius 2 is 1.72 bits per heavy atom. The van der Waals surface area contributed by atoms with Crippen molar-refractivity contribution in [2.24, 2.45) is 0 Å². The fourth-order valence-corrected chi connectivity index (χ4v) is 4.95. The summed E-state index contributed by atoms with van der Waals surface area (Å²) in [5.74, 6) is 1.33. The molecule has 0 aliphatic carbocycles. The number of benzene rings is 2. The number of tetrazole rings is 1. The first-order valence-electron chi connectivity index (χ1n) is 12.3. The molecular formula is C28H21F3N6O2. The van der Waals surface area contributed by atoms with Crippen LogP contribution in [0.15, 0.2) is 60.8 Å². The lowest BCUT2D eigenvalue weighted by molar-refractivity contribution is -0.207. The first-order chi connectivity index (χ1) is 18.8. The van der Waals surface area contributed by atoms with Gasteiger partial charge in [0.25, 0.3) is 5.91 Å². The van der Waals surface area contributed by atoms with E-state index in [1.807, 2.05) is 4.90 Å². The van der Waals surface area contributed by atoms with Crippen LogP contribution in [0.5, 0.6) is 0 Å². The van der Waals surface area contributed by atoms with Crippen molar-refractivity contribution in [3.63, 3.8) is 0 Å². The van der Waals surface area contributed by atoms with Crippen LogP contribution in [-0.4, -0.2) is 54.2 Å². The number of fused-ring (bicyclic) bond motifs is 3. The molecule has 2 aliphatic heterocycles. The van der Waals surface area contributed by atoms with Crippen LogP contribution in [-0.2, 0) is 18.1 Å². The molecule has 196 valence electrons. The molecule has 0 bridgehead atoms. The molecule has 0 radical (unpaired) electrons. The maximum atomic E-state index is 15.8. The first kappa shape index (κ1) is 24.8. The highest BCUT2D eigenvalue weighted by Gasteiger charge is 2.59. The number of halogens is 3. The maximum Gasteiger partial charge on any atom is 0.323 e. The van der Waals surface area contributed by atoms with Crippen LogP contribution in [0.4, 0.5) is 13.2 Å². The van der Waals surface area contributed by atoms with Crippen molar-refractivity contribution in [3.8, 4) is 23.2 Å². The molecule has 8 nitrogen and oxygen atoms in total. The lowest BCUT2D eigenvalue weighted by Crippen LogP contribution is -2.49. The molecule has 4 heterocycles. The van der Waals surface area contributed by atoms with Crippen molar-refractivity contribution in [1.82, 2.24) is 30.1 Å². The molecule has 1 unspecified atom stereocenters. The van der Waals surface area contributed by atoms with Gasteiger partial charge < -0.3 is 10.0 Å². The van der Waals surface area contributed by atoms with Crippen LogP contribution < -0.4 is 0 Å². The summed E-state index contributed by atoms with van der Waals surface area (Å²) >= 11 is 0. The SMILES string of the molecule is O=C(c1ccc(C#Cc2ccc(C(F)(F)C3(O)Cn4nnnc4-c4cc(F)ccc43)nc2)cc1)N1CCCC1. The third kappa shape index (κ3) is 4.23. The van der Waals surface area contributed by atoms with Gasteiger partial charge in [-0.2, -0.15) is 8.78 Å². The number of hydrogen-bond donors (Lipinski definition) is 1. The van der Waals surface area contributed by atoms with Gasteiger partial charge in [0, 0.05) is 47.1 Å². The van der Waals surface area contributed by atoms with Gasteiger partial charge in [-0.15, -0.1) is 5.10 Å². The molecule has 1 fully saturated rings. The Kier molecular flexibility index (Phi) is 5.92. The molecule has 1 atom stereocenters. The Bertz CT molecular complexity index is 1620. The second-order valence-corrected chi connectivity index (χ2v) is 9.54. The van der Waals surface area contributed by atoms with Gasteiger partial charge >= 0.3 is 5.92 Å². The molecule has 0 saturated carbocycles. The summed E-state index contributed by atoms with van der Waals surface area (Å²) in [6.07, 6.45) is 3.23. The standard InChI is InChI=1S/C28H21F3N6O2/c29-21-10-11-23-22(15-21)25-33-34-35-37(25)17-27(23,39)28(30,31)24-12-7-19(16-32-24)4-3-18-5-8-20(9-6-18)26(38)36-13-1-2-14-36/h5-12,15-16,39H,1-2,13-14,17H2. The van der Waals surface area contributed by atoms with Crippen molar-refractivity contribution >= 4 is 5.91 Å². The fraction of sp³-hybridized carbons (Fsp3) is 0.250. The quantitative estimate of drug-likeness (QED) is 0.408. The van der Waals surface area contributed by atoms with Gasteiger partial charge in [-0.25, -0.2) is 9.07 Å². The van der Waals surface area contributed by atoms with Gasteiger partial charge in [-0.3, -0.25) is 9.78 Å². The highest BCUT2D eigenvalue weighted by Crippen LogP contribution is 2.50. The number of nitrogens with zero attached hydrogens (tertiary/aromatic N) is 6. The van der Waals surface area contributed by atoms with Gasteiger partial charge in [0.2, 0.25) is 0 Å². The second-order valence-electron chi connectivity index (χ2n) is 9.54. The van der Waals surface area contributed by atoms with E-state index < -0.39 is 29.6 Å². The average Bonchev–Trinajstić information content (AvgIpc) is 3.65. The number of aromatic nitrogens is 5. The van der Waals surface area contributed by atoms with E-state index in [0.717, 1.165) is 54.9 Å². The number of amides is 1. The van der Waals surface area contributed by atoms with Crippen molar-refractivity contribution in [2.75, 3.05) is 13.1 Å². The highest BCUT2D eigenvalue weighted by atomic mass is 19.3. The number of hydrogen-bond acceptors (Lipinski definition) is 6. The van der Waals surface area contributed by atoms with E-state index in [1.165, 1.54) is 12.3 Å². The summed E-state index contributed by atoms with van der Waals surface area (Å²) in [6.45, 7) is 0.883. The zero-order valence-electron chi connectivity index (χ0n) is 20.5. The predicted molar refractivity (Wildman–Crippen MR) is 133 cm³/mol. The summed E-state index contributed by atoms with van der Waals surface area (Å²) in [6, 6.07) is 12.5. The fourth-order valence-electron chi connectivity index (χ4n) is 4.95. The topological polar surface area (TPSA) is 97.0 Å². The van der Waals surface area contributed by atoms with E-state index in [0.29, 0.717) is 16.7 Å². The van der Waals surface area contributed by atoms with Crippen LogP contribution in [0.25, 0.3) is 11.4 Å². The third-order valence-electron chi connectivity index (χ3n) is 7.06. The Morgan fingerprint density at radius 1 is 1.00 bits per heavy atom. The maximum absolute atomic E-state index is 15.8. The molecule has 1 saturated heterocycles. The van der Waals surface area contributed by atoms with E-state index in [2.05, 4.69) is 32.4 Å². The predicted octanol–water partition coefficient (Wildman–Crippen LogP) is 3.50. The number of carbonyl (C=O) groups excluding carboxylic acids is 1. The zero-order chi connectivity index (χ0) is 27.2. The van der Waals surface area contributed by atoms with Crippen molar-refractivity contribution < 1.29 is 23.1 Å². The minimum Gasteiger partial charge on any atom is -0.377 e. The van der Waals surface area contributed by atoms with Crippen LogP contribution in [0.2, 0.25) is 0 Å². The molecule has 2 aliphatic rings. The van der Waals surface area contributed by atoms with Crippen LogP contribution in [0, 0.1) is 17.7 Å². The van der Waals surface area contributed by atoms with Crippen molar-refractivity contribution in [3.05, 3.63) is 94.6 Å². The molecule has 1 N–H and O–H groups in total. The third-order valence-corrected chi connectivity index (χ3v) is 7.06. The van der Waals surface area contributed by atoms with E-state index in [1.54, 1.807) is 24.3 Å². The van der Waals surface area contributed by atoms with Crippen molar-refractivity contribution in [2.45, 2.75) is 30.9 Å². The summed E-state index contributed by atoms with van der Waals surface area (Å²) < 4.78 is 46.6. The molecule has 39 heavy (non-hydrogen) atoms. The van der Waals surface area contributed by atoms with Gasteiger partial charge in [0.15, 0.2) is 11.4 Å². The van der Waals surface area contributed by atoms with Crippen LogP contribution in [0.3, 0.4) is 0 Å². The van der Waals surface area contributed by atoms with Crippen LogP contribution >= 0.6 is 0 Å². The monoisotopic (exact) mass is 530 g/mol. The summed E-state index contributed by atoms with van der Waals surface area (Å²) in [4.78, 5) is 18.2. The summed E-state index contributed by atoms with van der Waals surface area (Å²) in [5, 5.41) is 22.3. The molecular weight excluding hydrogens is 509 g/mol. The highest BCUT2D eigenvalue weighted by molar-refractivity contribution is 5.94. The molecule has 0 spiro atoms. The lowest BCUT2D eigenvalue weighted by Gasteiger charge is -2.39. The molecule has 1 amide bonds. The molecule has 2 aromatic heterocycles. The smallest absolute Gasteiger partial charge is 0.323 e.